The molecule has 1 aromatic heterocycles. The van der Waals surface area contributed by atoms with Crippen LogP contribution in [0.4, 0.5) is 0 Å². The lowest BCUT2D eigenvalue weighted by Gasteiger charge is -2.28. The van der Waals surface area contributed by atoms with Crippen LogP contribution in [0.5, 0.6) is 0 Å². The van der Waals surface area contributed by atoms with Gasteiger partial charge in [-0.25, -0.2) is 9.78 Å². The number of carbonyl (C=O) groups is 7. The standard InChI is InChI=1S/C26H41N9O8S2/c1-12(30-21(37)13(2)32-24(40)18(10-45)34-23(39)16(27)9-44)20(36)31-14(3)22(38)33-17(7-15-8-28-11-29-15)25(41)35-6-4-5-19(35)26(42)43/h8,11-14,16-19,44-45H,4-7,9-10,27H2,1-3H3,(H,28,29)(H,30,37)(H,31,36)(H,32,40)(H,33,38)(H,34,39)(H,42,43)/t12-,13-,14-,16-,17-,18-,19-/m0/s1. The number of hydrogen-bond donors (Lipinski definition) is 10. The van der Waals surface area contributed by atoms with Crippen LogP contribution in [0.15, 0.2) is 12.5 Å². The molecule has 19 heteroatoms. The number of H-pyrrole nitrogens is 1. The van der Waals surface area contributed by atoms with Crippen LogP contribution in [0.2, 0.25) is 0 Å². The number of nitrogens with two attached hydrogens (primary N) is 1. The molecule has 0 aliphatic carbocycles. The molecule has 9 N–H and O–H groups in total. The highest BCUT2D eigenvalue weighted by atomic mass is 32.1. The first-order valence-electron chi connectivity index (χ1n) is 14.2. The van der Waals surface area contributed by atoms with Gasteiger partial charge in [-0.3, -0.25) is 28.8 Å². The lowest BCUT2D eigenvalue weighted by molar-refractivity contribution is -0.149. The van der Waals surface area contributed by atoms with Gasteiger partial charge >= 0.3 is 5.97 Å². The zero-order chi connectivity index (χ0) is 33.8. The second-order valence-corrected chi connectivity index (χ2v) is 11.3. The molecule has 0 radical (unpaired) electrons. The molecule has 0 bridgehead atoms. The summed E-state index contributed by atoms with van der Waals surface area (Å²) in [5.74, 6) is -5.21. The van der Waals surface area contributed by atoms with E-state index < -0.39 is 83.7 Å². The third-order valence-corrected chi connectivity index (χ3v) is 7.78. The molecule has 0 aromatic carbocycles. The lowest BCUT2D eigenvalue weighted by Crippen LogP contribution is -2.59. The number of aromatic amines is 1. The summed E-state index contributed by atoms with van der Waals surface area (Å²) in [6.07, 6.45) is 3.67. The predicted octanol–water partition coefficient (Wildman–Crippen LogP) is -3.30. The first-order valence-corrected chi connectivity index (χ1v) is 15.5. The van der Waals surface area contributed by atoms with Crippen LogP contribution in [0, 0.1) is 0 Å². The van der Waals surface area contributed by atoms with Crippen LogP contribution in [0.3, 0.4) is 0 Å². The Morgan fingerprint density at radius 3 is 1.91 bits per heavy atom. The van der Waals surface area contributed by atoms with Gasteiger partial charge in [0.15, 0.2) is 0 Å². The second-order valence-electron chi connectivity index (χ2n) is 10.6. The van der Waals surface area contributed by atoms with Crippen LogP contribution in [0.1, 0.15) is 39.3 Å². The van der Waals surface area contributed by atoms with Crippen molar-refractivity contribution in [1.82, 2.24) is 41.5 Å². The minimum absolute atomic E-state index is 0.00387. The van der Waals surface area contributed by atoms with E-state index in [9.17, 15) is 38.7 Å². The number of aromatic nitrogens is 2. The molecular weight excluding hydrogens is 630 g/mol. The second kappa shape index (κ2) is 17.6. The number of carboxylic acids is 1. The highest BCUT2D eigenvalue weighted by Crippen LogP contribution is 2.19. The number of carboxylic acid groups (broad SMARTS) is 1. The molecule has 0 unspecified atom stereocenters. The van der Waals surface area contributed by atoms with Crippen molar-refractivity contribution in [3.8, 4) is 0 Å². The smallest absolute Gasteiger partial charge is 0.326 e. The lowest BCUT2D eigenvalue weighted by atomic mass is 10.1. The van der Waals surface area contributed by atoms with Crippen LogP contribution in [0.25, 0.3) is 0 Å². The van der Waals surface area contributed by atoms with E-state index in [2.05, 4.69) is 61.8 Å². The van der Waals surface area contributed by atoms with Crippen molar-refractivity contribution in [2.45, 2.75) is 82.3 Å². The van der Waals surface area contributed by atoms with Crippen LogP contribution < -0.4 is 32.3 Å². The van der Waals surface area contributed by atoms with E-state index in [1.165, 1.54) is 38.2 Å². The van der Waals surface area contributed by atoms with Gasteiger partial charge < -0.3 is 47.3 Å². The Labute approximate surface area is 270 Å². The minimum Gasteiger partial charge on any atom is -0.480 e. The molecule has 0 saturated carbocycles. The number of rotatable bonds is 16. The number of imidazole rings is 1. The highest BCUT2D eigenvalue weighted by molar-refractivity contribution is 7.80. The Balaban J connectivity index is 1.96. The van der Waals surface area contributed by atoms with Crippen LogP contribution in [-0.4, -0.2) is 122 Å². The molecule has 7 atom stereocenters. The molecule has 250 valence electrons. The van der Waals surface area contributed by atoms with Crippen molar-refractivity contribution in [2.75, 3.05) is 18.1 Å². The summed E-state index contributed by atoms with van der Waals surface area (Å²) in [5, 5.41) is 21.8. The maximum absolute atomic E-state index is 13.3. The van der Waals surface area contributed by atoms with Crippen LogP contribution in [-0.2, 0) is 40.0 Å². The zero-order valence-corrected chi connectivity index (χ0v) is 26.9. The highest BCUT2D eigenvalue weighted by Gasteiger charge is 2.38. The average molecular weight is 672 g/mol. The van der Waals surface area contributed by atoms with Gasteiger partial charge in [0.25, 0.3) is 0 Å². The van der Waals surface area contributed by atoms with Gasteiger partial charge in [-0.2, -0.15) is 25.3 Å². The Morgan fingerprint density at radius 2 is 1.42 bits per heavy atom. The van der Waals surface area contributed by atoms with Crippen LogP contribution >= 0.6 is 25.3 Å². The minimum atomic E-state index is -1.15. The van der Waals surface area contributed by atoms with Crippen molar-refractivity contribution >= 4 is 66.7 Å². The molecule has 1 fully saturated rings. The van der Waals surface area contributed by atoms with Gasteiger partial charge in [-0.15, -0.1) is 0 Å². The van der Waals surface area contributed by atoms with Gasteiger partial charge in [0.05, 0.1) is 12.4 Å². The number of thiol groups is 2. The van der Waals surface area contributed by atoms with Gasteiger partial charge in [-0.05, 0) is 33.6 Å². The van der Waals surface area contributed by atoms with Gasteiger partial charge in [-0.1, -0.05) is 0 Å². The molecule has 0 spiro atoms. The van der Waals surface area contributed by atoms with Gasteiger partial charge in [0.2, 0.25) is 35.4 Å². The van der Waals surface area contributed by atoms with E-state index in [1.807, 2.05) is 0 Å². The van der Waals surface area contributed by atoms with E-state index >= 15 is 0 Å². The molecule has 1 saturated heterocycles. The molecule has 1 aromatic rings. The van der Waals surface area contributed by atoms with E-state index in [1.54, 1.807) is 0 Å². The Bertz CT molecular complexity index is 1230. The quantitative estimate of drug-likeness (QED) is 0.0783. The Kier molecular flexibility index (Phi) is 14.6. The first-order chi connectivity index (χ1) is 21.2. The third kappa shape index (κ3) is 10.9. The maximum atomic E-state index is 13.3. The summed E-state index contributed by atoms with van der Waals surface area (Å²) in [5.41, 5.74) is 6.12. The van der Waals surface area contributed by atoms with E-state index in [0.29, 0.717) is 18.5 Å². The summed E-state index contributed by atoms with van der Waals surface area (Å²) >= 11 is 7.98. The maximum Gasteiger partial charge on any atom is 0.326 e. The topological polar surface area (TPSA) is 258 Å². The largest absolute Gasteiger partial charge is 0.480 e. The van der Waals surface area contributed by atoms with Gasteiger partial charge in [0.1, 0.15) is 36.3 Å². The van der Waals surface area contributed by atoms with Crippen molar-refractivity contribution < 1.29 is 38.7 Å². The van der Waals surface area contributed by atoms with Crippen molar-refractivity contribution in [3.05, 3.63) is 18.2 Å². The van der Waals surface area contributed by atoms with E-state index in [0.717, 1.165) is 0 Å². The Hall–Kier alpha value is -3.84. The molecule has 1 aliphatic heterocycles. The SMILES string of the molecule is C[C@H](NC(=O)[C@H](C)NC(=O)[C@H](CS)NC(=O)[C@@H](N)CS)C(=O)N[C@@H](C)C(=O)N[C@@H](Cc1cnc[nH]1)C(=O)N1CCC[C@H]1C(=O)O. The Morgan fingerprint density at radius 1 is 0.889 bits per heavy atom. The van der Waals surface area contributed by atoms with Gasteiger partial charge in [0, 0.05) is 36.4 Å². The number of aliphatic carboxylic acids is 1. The summed E-state index contributed by atoms with van der Waals surface area (Å²) in [6.45, 7) is 4.34. The molecule has 2 rings (SSSR count). The number of amides is 6. The summed E-state index contributed by atoms with van der Waals surface area (Å²) in [4.78, 5) is 95.9. The number of nitrogens with zero attached hydrogens (tertiary/aromatic N) is 2. The fraction of sp³-hybridized carbons (Fsp3) is 0.615. The van der Waals surface area contributed by atoms with Crippen molar-refractivity contribution in [2.24, 2.45) is 5.73 Å². The molecule has 45 heavy (non-hydrogen) atoms. The van der Waals surface area contributed by atoms with E-state index in [4.69, 9.17) is 5.73 Å². The molecular formula is C26H41N9O8S2. The van der Waals surface area contributed by atoms with Crippen molar-refractivity contribution in [3.63, 3.8) is 0 Å². The molecule has 17 nitrogen and oxygen atoms in total. The molecule has 1 aliphatic rings. The average Bonchev–Trinajstić information content (AvgIpc) is 3.71. The third-order valence-electron chi connectivity index (χ3n) is 7.02. The number of carbonyl (C=O) groups excluding carboxylic acids is 6. The fourth-order valence-electron chi connectivity index (χ4n) is 4.34. The number of likely N-dealkylation sites (tertiary alicyclic amines) is 1. The summed E-state index contributed by atoms with van der Waals surface area (Å²) in [7, 11) is 0. The first kappa shape index (κ1) is 37.3. The predicted molar refractivity (Wildman–Crippen MR) is 167 cm³/mol. The fourth-order valence-corrected chi connectivity index (χ4v) is 4.77. The normalized spacial score (nSPS) is 18.4. The molecule has 6 amide bonds. The zero-order valence-electron chi connectivity index (χ0n) is 25.1. The number of nitrogens with one attached hydrogen (secondary N) is 6. The monoisotopic (exact) mass is 671 g/mol. The van der Waals surface area contributed by atoms with E-state index in [-0.39, 0.29) is 24.5 Å². The summed E-state index contributed by atoms with van der Waals surface area (Å²) < 4.78 is 0. The summed E-state index contributed by atoms with van der Waals surface area (Å²) in [6, 6.07) is -7.56. The number of hydrogen-bond acceptors (Lipinski definition) is 11. The van der Waals surface area contributed by atoms with Crippen molar-refractivity contribution in [1.29, 1.82) is 0 Å². The molecule has 2 heterocycles.